The van der Waals surface area contributed by atoms with Gasteiger partial charge < -0.3 is 4.90 Å². The predicted molar refractivity (Wildman–Crippen MR) is 109 cm³/mol. The lowest BCUT2D eigenvalue weighted by Gasteiger charge is -2.17. The summed E-state index contributed by atoms with van der Waals surface area (Å²) in [6.45, 7) is 4.33. The van der Waals surface area contributed by atoms with Crippen LogP contribution in [0.1, 0.15) is 42.4 Å². The molecule has 3 rings (SSSR count). The Balaban J connectivity index is 1.78. The van der Waals surface area contributed by atoms with E-state index >= 15 is 0 Å². The molecule has 0 radical (unpaired) electrons. The van der Waals surface area contributed by atoms with E-state index in [2.05, 4.69) is 0 Å². The van der Waals surface area contributed by atoms with E-state index in [0.29, 0.717) is 13.0 Å². The first-order valence-electron chi connectivity index (χ1n) is 10.0. The van der Waals surface area contributed by atoms with Crippen molar-refractivity contribution in [1.29, 1.82) is 0 Å². The first kappa shape index (κ1) is 20.9. The van der Waals surface area contributed by atoms with Gasteiger partial charge in [0.05, 0.1) is 12.5 Å². The Morgan fingerprint density at radius 1 is 1.03 bits per heavy atom. The second-order valence-electron chi connectivity index (χ2n) is 7.78. The van der Waals surface area contributed by atoms with Crippen molar-refractivity contribution in [3.05, 3.63) is 71.0 Å². The van der Waals surface area contributed by atoms with Crippen molar-refractivity contribution < 1.29 is 18.8 Å². The topological polar surface area (TPSA) is 54.5 Å². The molecule has 29 heavy (non-hydrogen) atoms. The summed E-state index contributed by atoms with van der Waals surface area (Å²) < 4.78 is 13.1. The largest absolute Gasteiger partial charge is 0.334 e. The van der Waals surface area contributed by atoms with Crippen LogP contribution in [-0.4, -0.2) is 35.5 Å². The Bertz CT molecular complexity index is 889. The molecule has 1 saturated heterocycles. The number of likely N-dealkylation sites (tertiary alicyclic amines) is 1. The second kappa shape index (κ2) is 9.12. The molecule has 1 aliphatic heterocycles. The number of nitrogens with zero attached hydrogens (tertiary/aromatic N) is 1. The van der Waals surface area contributed by atoms with E-state index in [9.17, 15) is 18.8 Å². The third kappa shape index (κ3) is 5.17. The molecular weight excluding hydrogens is 369 g/mol. The van der Waals surface area contributed by atoms with Crippen molar-refractivity contribution >= 4 is 17.5 Å². The van der Waals surface area contributed by atoms with Gasteiger partial charge in [-0.25, -0.2) is 4.39 Å². The minimum Gasteiger partial charge on any atom is -0.334 e. The van der Waals surface area contributed by atoms with Crippen LogP contribution in [-0.2, 0) is 20.8 Å². The van der Waals surface area contributed by atoms with Gasteiger partial charge in [-0.1, -0.05) is 48.9 Å². The molecule has 0 spiro atoms. The van der Waals surface area contributed by atoms with Crippen LogP contribution in [0.3, 0.4) is 0 Å². The molecular formula is C24H26FNO3. The van der Waals surface area contributed by atoms with Gasteiger partial charge in [-0.2, -0.15) is 0 Å². The van der Waals surface area contributed by atoms with Gasteiger partial charge in [-0.3, -0.25) is 14.4 Å². The number of Topliss-reactive ketones (excluding diaryl/α,β-unsaturated/α-hetero) is 2. The molecule has 0 N–H and O–H groups in total. The zero-order chi connectivity index (χ0) is 21.0. The van der Waals surface area contributed by atoms with Crippen LogP contribution in [0.15, 0.2) is 48.5 Å². The number of ketones is 2. The van der Waals surface area contributed by atoms with Gasteiger partial charge in [-0.05, 0) is 30.2 Å². The molecule has 1 heterocycles. The molecule has 2 atom stereocenters. The maximum absolute atomic E-state index is 13.1. The molecule has 5 heteroatoms. The first-order chi connectivity index (χ1) is 13.9. The van der Waals surface area contributed by atoms with Gasteiger partial charge >= 0.3 is 0 Å². The Labute approximate surface area is 170 Å². The molecule has 1 amide bonds. The van der Waals surface area contributed by atoms with Crippen LogP contribution >= 0.6 is 0 Å². The Morgan fingerprint density at radius 3 is 2.31 bits per heavy atom. The first-order valence-corrected chi connectivity index (χ1v) is 10.0. The van der Waals surface area contributed by atoms with Gasteiger partial charge in [0.15, 0.2) is 5.78 Å². The van der Waals surface area contributed by atoms with Crippen LogP contribution < -0.4 is 0 Å². The number of hydrogen-bond acceptors (Lipinski definition) is 3. The monoisotopic (exact) mass is 395 g/mol. The second-order valence-corrected chi connectivity index (χ2v) is 7.78. The molecule has 0 aromatic heterocycles. The molecule has 2 aromatic rings. The lowest BCUT2D eigenvalue weighted by atomic mass is 9.84. The highest BCUT2D eigenvalue weighted by atomic mass is 19.1. The fraction of sp³-hybridized carbons (Fsp3) is 0.375. The quantitative estimate of drug-likeness (QED) is 0.682. The molecule has 4 nitrogen and oxygen atoms in total. The highest BCUT2D eigenvalue weighted by Crippen LogP contribution is 2.36. The number of rotatable bonds is 8. The number of carbonyl (C=O) groups excluding carboxylic acids is 3. The van der Waals surface area contributed by atoms with Crippen molar-refractivity contribution in [2.45, 2.75) is 39.0 Å². The van der Waals surface area contributed by atoms with Crippen molar-refractivity contribution in [3.63, 3.8) is 0 Å². The van der Waals surface area contributed by atoms with Gasteiger partial charge in [0.2, 0.25) is 5.91 Å². The fourth-order valence-corrected chi connectivity index (χ4v) is 3.86. The average Bonchev–Trinajstić information content (AvgIpc) is 3.00. The summed E-state index contributed by atoms with van der Waals surface area (Å²) >= 11 is 0. The maximum atomic E-state index is 13.1. The summed E-state index contributed by atoms with van der Waals surface area (Å²) in [5.41, 5.74) is 2.86. The summed E-state index contributed by atoms with van der Waals surface area (Å²) in [5, 5.41) is 0. The normalized spacial score (nSPS) is 18.9. The minimum absolute atomic E-state index is 0.0132. The summed E-state index contributed by atoms with van der Waals surface area (Å²) in [5.74, 6) is -1.12. The Kier molecular flexibility index (Phi) is 6.57. The summed E-state index contributed by atoms with van der Waals surface area (Å²) in [7, 11) is 0. The van der Waals surface area contributed by atoms with Crippen molar-refractivity contribution in [2.24, 2.45) is 5.92 Å². The highest BCUT2D eigenvalue weighted by molar-refractivity contribution is 5.92. The molecule has 1 aliphatic rings. The van der Waals surface area contributed by atoms with Crippen LogP contribution in [0, 0.1) is 18.7 Å². The van der Waals surface area contributed by atoms with Gasteiger partial charge in [0.25, 0.3) is 0 Å². The van der Waals surface area contributed by atoms with E-state index in [0.717, 1.165) is 16.7 Å². The van der Waals surface area contributed by atoms with E-state index in [1.807, 2.05) is 31.2 Å². The standard InChI is InChI=1S/C24H26FNO3/c1-3-20(27)14-26-15-23(18-8-4-16(2)5-9-18)22(24(26)29)13-21(28)12-17-6-10-19(25)11-7-17/h4-11,22-23H,3,12-15H2,1-2H3/t22-,23-/m0/s1. The summed E-state index contributed by atoms with van der Waals surface area (Å²) in [4.78, 5) is 39.2. The number of benzene rings is 2. The molecule has 0 aliphatic carbocycles. The molecule has 1 fully saturated rings. The van der Waals surface area contributed by atoms with Crippen LogP contribution in [0.5, 0.6) is 0 Å². The Hall–Kier alpha value is -2.82. The van der Waals surface area contributed by atoms with Gasteiger partial charge in [0, 0.05) is 31.7 Å². The zero-order valence-electron chi connectivity index (χ0n) is 16.9. The molecule has 0 bridgehead atoms. The van der Waals surface area contributed by atoms with E-state index in [1.165, 1.54) is 12.1 Å². The minimum atomic E-state index is -0.477. The smallest absolute Gasteiger partial charge is 0.227 e. The fourth-order valence-electron chi connectivity index (χ4n) is 3.86. The van der Waals surface area contributed by atoms with E-state index in [4.69, 9.17) is 0 Å². The highest BCUT2D eigenvalue weighted by Gasteiger charge is 2.42. The SMILES string of the molecule is CCC(=O)CN1C[C@@H](c2ccc(C)cc2)[C@H](CC(=O)Cc2ccc(F)cc2)C1=O. The Morgan fingerprint density at radius 2 is 1.69 bits per heavy atom. The summed E-state index contributed by atoms with van der Waals surface area (Å²) in [6, 6.07) is 13.8. The molecule has 2 aromatic carbocycles. The molecule has 0 saturated carbocycles. The summed E-state index contributed by atoms with van der Waals surface area (Å²) in [6.07, 6.45) is 0.664. The predicted octanol–water partition coefficient (Wildman–Crippen LogP) is 3.86. The lowest BCUT2D eigenvalue weighted by Crippen LogP contribution is -2.32. The number of amides is 1. The third-order valence-electron chi connectivity index (χ3n) is 5.56. The average molecular weight is 395 g/mol. The van der Waals surface area contributed by atoms with Crippen molar-refractivity contribution in [2.75, 3.05) is 13.1 Å². The maximum Gasteiger partial charge on any atom is 0.227 e. The van der Waals surface area contributed by atoms with E-state index in [1.54, 1.807) is 24.0 Å². The third-order valence-corrected chi connectivity index (χ3v) is 5.56. The van der Waals surface area contributed by atoms with E-state index < -0.39 is 5.92 Å². The van der Waals surface area contributed by atoms with Crippen LogP contribution in [0.4, 0.5) is 4.39 Å². The number of hydrogen-bond donors (Lipinski definition) is 0. The van der Waals surface area contributed by atoms with E-state index in [-0.39, 0.29) is 48.6 Å². The van der Waals surface area contributed by atoms with Gasteiger partial charge in [-0.15, -0.1) is 0 Å². The number of aryl methyl sites for hydroxylation is 1. The van der Waals surface area contributed by atoms with Gasteiger partial charge in [0.1, 0.15) is 11.6 Å². The van der Waals surface area contributed by atoms with Crippen molar-refractivity contribution in [1.82, 2.24) is 4.90 Å². The molecule has 0 unspecified atom stereocenters. The van der Waals surface area contributed by atoms with Crippen LogP contribution in [0.25, 0.3) is 0 Å². The van der Waals surface area contributed by atoms with Crippen LogP contribution in [0.2, 0.25) is 0 Å². The zero-order valence-corrected chi connectivity index (χ0v) is 16.9. The lowest BCUT2D eigenvalue weighted by molar-refractivity contribution is -0.136. The molecule has 152 valence electrons. The van der Waals surface area contributed by atoms with Crippen molar-refractivity contribution in [3.8, 4) is 0 Å². The number of halogens is 1. The number of carbonyl (C=O) groups is 3.